The first-order chi connectivity index (χ1) is 5.58. The second-order valence-electron chi connectivity index (χ2n) is 4.41. The van der Waals surface area contributed by atoms with E-state index in [2.05, 4.69) is 37.9 Å². The van der Waals surface area contributed by atoms with Crippen LogP contribution in [0.25, 0.3) is 0 Å². The van der Waals surface area contributed by atoms with Gasteiger partial charge in [0.05, 0.1) is 0 Å². The lowest BCUT2D eigenvalue weighted by Crippen LogP contribution is -2.51. The Morgan fingerprint density at radius 1 is 1.50 bits per heavy atom. The van der Waals surface area contributed by atoms with E-state index in [9.17, 15) is 0 Å². The van der Waals surface area contributed by atoms with E-state index in [0.717, 1.165) is 19.1 Å². The van der Waals surface area contributed by atoms with Crippen molar-refractivity contribution in [1.29, 1.82) is 0 Å². The average molecular weight is 170 g/mol. The van der Waals surface area contributed by atoms with Gasteiger partial charge >= 0.3 is 0 Å². The molecule has 1 unspecified atom stereocenters. The Kier molecular flexibility index (Phi) is 3.13. The van der Waals surface area contributed by atoms with Gasteiger partial charge in [-0.2, -0.15) is 0 Å². The molecule has 12 heavy (non-hydrogen) atoms. The van der Waals surface area contributed by atoms with Gasteiger partial charge in [0, 0.05) is 18.1 Å². The van der Waals surface area contributed by atoms with Gasteiger partial charge in [0.1, 0.15) is 0 Å². The monoisotopic (exact) mass is 170 g/mol. The molecule has 72 valence electrons. The van der Waals surface area contributed by atoms with Gasteiger partial charge in [-0.25, -0.2) is 0 Å². The maximum Gasteiger partial charge on any atom is 0.0280 e. The largest absolute Gasteiger partial charge is 0.315 e. The van der Waals surface area contributed by atoms with Gasteiger partial charge in [0.2, 0.25) is 0 Å². The normalized spacial score (nSPS) is 31.5. The number of rotatable bonds is 1. The van der Waals surface area contributed by atoms with Crippen molar-refractivity contribution in [3.8, 4) is 0 Å². The van der Waals surface area contributed by atoms with E-state index < -0.39 is 0 Å². The number of hydrogen-bond acceptors (Lipinski definition) is 2. The highest BCUT2D eigenvalue weighted by Crippen LogP contribution is 2.20. The average Bonchev–Trinajstić information content (AvgIpc) is 2.09. The van der Waals surface area contributed by atoms with Crippen LogP contribution in [0.2, 0.25) is 0 Å². The van der Waals surface area contributed by atoms with Crippen molar-refractivity contribution in [3.63, 3.8) is 0 Å². The zero-order valence-corrected chi connectivity index (χ0v) is 8.85. The van der Waals surface area contributed by atoms with Crippen LogP contribution in [0.15, 0.2) is 0 Å². The van der Waals surface area contributed by atoms with Crippen molar-refractivity contribution >= 4 is 0 Å². The van der Waals surface area contributed by atoms with E-state index in [1.54, 1.807) is 0 Å². The van der Waals surface area contributed by atoms with Gasteiger partial charge in [-0.15, -0.1) is 0 Å². The topological polar surface area (TPSA) is 15.3 Å². The Morgan fingerprint density at radius 2 is 2.17 bits per heavy atom. The second kappa shape index (κ2) is 3.75. The highest BCUT2D eigenvalue weighted by molar-refractivity contribution is 4.89. The molecule has 0 aliphatic carbocycles. The van der Waals surface area contributed by atoms with Crippen molar-refractivity contribution < 1.29 is 0 Å². The van der Waals surface area contributed by atoms with Crippen molar-refractivity contribution in [3.05, 3.63) is 0 Å². The Hall–Kier alpha value is -0.0800. The second-order valence-corrected chi connectivity index (χ2v) is 4.41. The molecule has 0 saturated carbocycles. The molecule has 1 fully saturated rings. The molecule has 1 heterocycles. The Balaban J connectivity index is 2.70. The molecule has 0 aromatic carbocycles. The molecular weight excluding hydrogens is 148 g/mol. The summed E-state index contributed by atoms with van der Waals surface area (Å²) in [6.45, 7) is 12.7. The van der Waals surface area contributed by atoms with Crippen LogP contribution in [0.4, 0.5) is 0 Å². The van der Waals surface area contributed by atoms with Crippen molar-refractivity contribution in [1.82, 2.24) is 10.2 Å². The van der Waals surface area contributed by atoms with Crippen LogP contribution < -0.4 is 5.32 Å². The van der Waals surface area contributed by atoms with Crippen LogP contribution in [0.3, 0.4) is 0 Å². The standard InChI is InChI=1S/C10H22N2/c1-5-12-9(2)6-7-11-8-10(12,3)4/h9,11H,5-8H2,1-4H3. The highest BCUT2D eigenvalue weighted by Gasteiger charge is 2.30. The third-order valence-electron chi connectivity index (χ3n) is 2.95. The molecule has 0 amide bonds. The summed E-state index contributed by atoms with van der Waals surface area (Å²) < 4.78 is 0. The molecular formula is C10H22N2. The molecule has 0 radical (unpaired) electrons. The maximum absolute atomic E-state index is 3.49. The summed E-state index contributed by atoms with van der Waals surface area (Å²) in [6, 6.07) is 0.722. The SMILES string of the molecule is CCN1C(C)CCNCC1(C)C. The smallest absolute Gasteiger partial charge is 0.0280 e. The van der Waals surface area contributed by atoms with E-state index in [1.807, 2.05) is 0 Å². The maximum atomic E-state index is 3.49. The molecule has 1 rings (SSSR count). The summed E-state index contributed by atoms with van der Waals surface area (Å²) in [4.78, 5) is 2.59. The third kappa shape index (κ3) is 1.99. The van der Waals surface area contributed by atoms with Crippen LogP contribution in [-0.4, -0.2) is 36.1 Å². The minimum Gasteiger partial charge on any atom is -0.315 e. The highest BCUT2D eigenvalue weighted by atomic mass is 15.2. The minimum atomic E-state index is 0.324. The first-order valence-electron chi connectivity index (χ1n) is 5.05. The first kappa shape index (κ1) is 10.0. The molecule has 1 atom stereocenters. The Morgan fingerprint density at radius 3 is 2.75 bits per heavy atom. The fraction of sp³-hybridized carbons (Fsp3) is 1.00. The van der Waals surface area contributed by atoms with E-state index in [4.69, 9.17) is 0 Å². The molecule has 1 aliphatic rings. The molecule has 2 heteroatoms. The van der Waals surface area contributed by atoms with E-state index in [0.29, 0.717) is 5.54 Å². The summed E-state index contributed by atoms with van der Waals surface area (Å²) in [6.07, 6.45) is 1.28. The lowest BCUT2D eigenvalue weighted by Gasteiger charge is -2.39. The predicted octanol–water partition coefficient (Wildman–Crippen LogP) is 1.47. The Bertz CT molecular complexity index is 143. The zero-order valence-electron chi connectivity index (χ0n) is 8.85. The van der Waals surface area contributed by atoms with Crippen molar-refractivity contribution in [2.75, 3.05) is 19.6 Å². The molecule has 0 bridgehead atoms. The summed E-state index contributed by atoms with van der Waals surface area (Å²) in [5.74, 6) is 0. The van der Waals surface area contributed by atoms with Gasteiger partial charge in [-0.1, -0.05) is 6.92 Å². The van der Waals surface area contributed by atoms with Crippen LogP contribution in [0.5, 0.6) is 0 Å². The van der Waals surface area contributed by atoms with Crippen molar-refractivity contribution in [2.45, 2.75) is 45.7 Å². The first-order valence-corrected chi connectivity index (χ1v) is 5.05. The van der Waals surface area contributed by atoms with Crippen molar-refractivity contribution in [2.24, 2.45) is 0 Å². The van der Waals surface area contributed by atoms with Gasteiger partial charge in [-0.05, 0) is 40.3 Å². The van der Waals surface area contributed by atoms with E-state index in [1.165, 1.54) is 13.0 Å². The number of likely N-dealkylation sites (N-methyl/N-ethyl adjacent to an activating group) is 1. The molecule has 0 aromatic rings. The molecule has 0 spiro atoms. The van der Waals surface area contributed by atoms with Crippen LogP contribution >= 0.6 is 0 Å². The summed E-state index contributed by atoms with van der Waals surface area (Å²) in [5, 5.41) is 3.49. The summed E-state index contributed by atoms with van der Waals surface area (Å²) >= 11 is 0. The Labute approximate surface area is 76.3 Å². The zero-order chi connectivity index (χ0) is 9.19. The lowest BCUT2D eigenvalue weighted by molar-refractivity contribution is 0.0958. The number of nitrogens with zero attached hydrogens (tertiary/aromatic N) is 1. The van der Waals surface area contributed by atoms with Gasteiger partial charge in [0.15, 0.2) is 0 Å². The molecule has 1 saturated heterocycles. The molecule has 0 aromatic heterocycles. The quantitative estimate of drug-likeness (QED) is 0.641. The van der Waals surface area contributed by atoms with E-state index in [-0.39, 0.29) is 0 Å². The molecule has 1 aliphatic heterocycles. The van der Waals surface area contributed by atoms with Gasteiger partial charge < -0.3 is 5.32 Å². The lowest BCUT2D eigenvalue weighted by atomic mass is 10.0. The van der Waals surface area contributed by atoms with Crippen LogP contribution in [0.1, 0.15) is 34.1 Å². The van der Waals surface area contributed by atoms with Crippen LogP contribution in [0, 0.1) is 0 Å². The number of hydrogen-bond donors (Lipinski definition) is 1. The molecule has 2 nitrogen and oxygen atoms in total. The summed E-state index contributed by atoms with van der Waals surface area (Å²) in [7, 11) is 0. The minimum absolute atomic E-state index is 0.324. The van der Waals surface area contributed by atoms with Gasteiger partial charge in [-0.3, -0.25) is 4.90 Å². The third-order valence-corrected chi connectivity index (χ3v) is 2.95. The fourth-order valence-corrected chi connectivity index (χ4v) is 2.30. The summed E-state index contributed by atoms with van der Waals surface area (Å²) in [5.41, 5.74) is 0.324. The fourth-order valence-electron chi connectivity index (χ4n) is 2.30. The molecule has 1 N–H and O–H groups in total. The van der Waals surface area contributed by atoms with E-state index >= 15 is 0 Å². The predicted molar refractivity (Wildman–Crippen MR) is 53.4 cm³/mol. The number of nitrogens with one attached hydrogen (secondary N) is 1. The van der Waals surface area contributed by atoms with Gasteiger partial charge in [0.25, 0.3) is 0 Å². The van der Waals surface area contributed by atoms with Crippen LogP contribution in [-0.2, 0) is 0 Å².